The van der Waals surface area contributed by atoms with Crippen molar-refractivity contribution in [2.75, 3.05) is 23.9 Å². The second-order valence-corrected chi connectivity index (χ2v) is 9.83. The lowest BCUT2D eigenvalue weighted by molar-refractivity contribution is -0.385. The molecule has 4 aliphatic rings. The summed E-state index contributed by atoms with van der Waals surface area (Å²) in [7, 11) is 1.29. The number of carbonyl (C=O) groups is 3. The van der Waals surface area contributed by atoms with E-state index in [9.17, 15) is 24.5 Å². The lowest BCUT2D eigenvalue weighted by atomic mass is 9.75. The zero-order valence-electron chi connectivity index (χ0n) is 18.9. The molecule has 0 unspecified atom stereocenters. The molecule has 0 saturated carbocycles. The van der Waals surface area contributed by atoms with Crippen LogP contribution in [-0.4, -0.2) is 47.2 Å². The van der Waals surface area contributed by atoms with Crippen LogP contribution in [-0.2, 0) is 19.9 Å². The third-order valence-electron chi connectivity index (χ3n) is 7.89. The molecule has 1 N–H and O–H groups in total. The molecule has 3 amide bonds. The highest BCUT2D eigenvalue weighted by atomic mass is 35.5. The summed E-state index contributed by atoms with van der Waals surface area (Å²) >= 11 is 6.31. The number of ether oxygens (including phenoxy) is 1. The third-order valence-corrected chi connectivity index (χ3v) is 8.12. The summed E-state index contributed by atoms with van der Waals surface area (Å²) < 4.78 is 5.19. The minimum atomic E-state index is -1.34. The molecule has 35 heavy (non-hydrogen) atoms. The van der Waals surface area contributed by atoms with Crippen LogP contribution in [0.2, 0.25) is 5.02 Å². The number of fused-ring (bicyclic) bond motifs is 7. The van der Waals surface area contributed by atoms with Crippen LogP contribution in [0.1, 0.15) is 24.0 Å². The van der Waals surface area contributed by atoms with Crippen LogP contribution in [0.4, 0.5) is 17.1 Å². The fourth-order valence-electron chi connectivity index (χ4n) is 6.62. The SMILES string of the molecule is COc1cc(N2C(=O)[C@@H]3[C@@H]4CCCN4[C@]4(C(=O)Nc5ccc(Cl)cc54)[C@H]3C2=O)c(C)cc1[N+](=O)[O-]. The van der Waals surface area contributed by atoms with Crippen LogP contribution in [0.15, 0.2) is 30.3 Å². The van der Waals surface area contributed by atoms with Gasteiger partial charge in [-0.15, -0.1) is 0 Å². The van der Waals surface area contributed by atoms with Gasteiger partial charge in [0.2, 0.25) is 17.7 Å². The Bertz CT molecular complexity index is 1360. The first-order valence-corrected chi connectivity index (χ1v) is 11.7. The average Bonchev–Trinajstić information content (AvgIpc) is 3.52. The summed E-state index contributed by atoms with van der Waals surface area (Å²) in [5, 5.41) is 14.8. The first-order valence-electron chi connectivity index (χ1n) is 11.3. The number of halogens is 1. The Morgan fingerprint density at radius 3 is 2.69 bits per heavy atom. The number of benzene rings is 2. The molecule has 180 valence electrons. The zero-order chi connectivity index (χ0) is 24.8. The van der Waals surface area contributed by atoms with E-state index in [0.29, 0.717) is 34.8 Å². The molecule has 0 radical (unpaired) electrons. The number of methoxy groups -OCH3 is 1. The molecule has 2 aromatic carbocycles. The number of imide groups is 1. The van der Waals surface area contributed by atoms with E-state index in [0.717, 1.165) is 11.3 Å². The highest BCUT2D eigenvalue weighted by molar-refractivity contribution is 6.31. The molecule has 4 heterocycles. The van der Waals surface area contributed by atoms with Gasteiger partial charge in [-0.1, -0.05) is 11.6 Å². The molecule has 0 aromatic heterocycles. The van der Waals surface area contributed by atoms with Crippen LogP contribution < -0.4 is 15.0 Å². The largest absolute Gasteiger partial charge is 0.490 e. The van der Waals surface area contributed by atoms with Crippen molar-refractivity contribution in [3.63, 3.8) is 0 Å². The van der Waals surface area contributed by atoms with Gasteiger partial charge in [0.25, 0.3) is 0 Å². The first kappa shape index (κ1) is 22.0. The predicted octanol–water partition coefficient (Wildman–Crippen LogP) is 3.00. The van der Waals surface area contributed by atoms with Gasteiger partial charge >= 0.3 is 5.69 Å². The van der Waals surface area contributed by atoms with Gasteiger partial charge in [-0.2, -0.15) is 0 Å². The number of nitro benzene ring substituents is 1. The zero-order valence-corrected chi connectivity index (χ0v) is 19.7. The molecule has 4 atom stereocenters. The summed E-state index contributed by atoms with van der Waals surface area (Å²) in [6.07, 6.45) is 1.48. The monoisotopic (exact) mass is 496 g/mol. The maximum atomic E-state index is 14.1. The number of nitrogens with one attached hydrogen (secondary N) is 1. The minimum absolute atomic E-state index is 0.0544. The molecule has 3 fully saturated rings. The van der Waals surface area contributed by atoms with Crippen molar-refractivity contribution in [1.29, 1.82) is 0 Å². The number of hydrogen-bond donors (Lipinski definition) is 1. The molecular weight excluding hydrogens is 476 g/mol. The smallest absolute Gasteiger partial charge is 0.311 e. The van der Waals surface area contributed by atoms with Gasteiger partial charge in [0.15, 0.2) is 5.75 Å². The van der Waals surface area contributed by atoms with Gasteiger partial charge < -0.3 is 10.1 Å². The van der Waals surface area contributed by atoms with Crippen molar-refractivity contribution in [3.8, 4) is 5.75 Å². The van der Waals surface area contributed by atoms with E-state index in [-0.39, 0.29) is 29.1 Å². The first-order chi connectivity index (χ1) is 16.7. The third kappa shape index (κ3) is 2.61. The summed E-state index contributed by atoms with van der Waals surface area (Å²) in [6.45, 7) is 2.19. The van der Waals surface area contributed by atoms with Crippen LogP contribution in [0.25, 0.3) is 0 Å². The lowest BCUT2D eigenvalue weighted by Gasteiger charge is -2.36. The van der Waals surface area contributed by atoms with Gasteiger partial charge in [-0.05, 0) is 50.1 Å². The fourth-order valence-corrected chi connectivity index (χ4v) is 6.79. The number of nitro groups is 1. The van der Waals surface area contributed by atoms with Crippen LogP contribution in [0.3, 0.4) is 0 Å². The van der Waals surface area contributed by atoms with E-state index < -0.39 is 34.1 Å². The number of amides is 3. The summed E-state index contributed by atoms with van der Waals surface area (Å²) in [5.41, 5.74) is 0.196. The summed E-state index contributed by atoms with van der Waals surface area (Å²) in [4.78, 5) is 55.6. The number of rotatable bonds is 3. The molecule has 6 rings (SSSR count). The number of nitrogens with zero attached hydrogens (tertiary/aromatic N) is 3. The molecule has 3 saturated heterocycles. The fraction of sp³-hybridized carbons (Fsp3) is 0.375. The van der Waals surface area contributed by atoms with Crippen LogP contribution in [0, 0.1) is 28.9 Å². The molecule has 0 bridgehead atoms. The Labute approximate surface area is 204 Å². The maximum Gasteiger partial charge on any atom is 0.311 e. The van der Waals surface area contributed by atoms with Crippen molar-refractivity contribution in [2.24, 2.45) is 11.8 Å². The number of carbonyl (C=O) groups excluding carboxylic acids is 3. The van der Waals surface area contributed by atoms with Gasteiger partial charge in [0.1, 0.15) is 5.54 Å². The molecule has 4 aliphatic heterocycles. The van der Waals surface area contributed by atoms with E-state index in [2.05, 4.69) is 5.32 Å². The van der Waals surface area contributed by atoms with Gasteiger partial charge in [0, 0.05) is 34.4 Å². The van der Waals surface area contributed by atoms with Crippen LogP contribution in [0.5, 0.6) is 5.75 Å². The second-order valence-electron chi connectivity index (χ2n) is 9.40. The van der Waals surface area contributed by atoms with Gasteiger partial charge in [-0.3, -0.25) is 29.4 Å². The number of hydrogen-bond acceptors (Lipinski definition) is 7. The predicted molar refractivity (Wildman–Crippen MR) is 125 cm³/mol. The Balaban J connectivity index is 1.54. The number of anilines is 2. The standard InChI is InChI=1S/C24H21ClN4O6/c1-11-8-17(29(33)34)18(35-2)10-16(11)28-21(30)19-15-4-3-7-27(15)24(20(19)22(28)31)13-9-12(25)5-6-14(13)26-23(24)32/h5-6,8-10,15,19-20H,3-4,7H2,1-2H3,(H,26,32)/t15-,19+,20+,24-/m0/s1. The van der Waals surface area contributed by atoms with E-state index in [1.165, 1.54) is 19.2 Å². The molecule has 11 heteroatoms. The second kappa shape index (κ2) is 7.25. The van der Waals surface area contributed by atoms with Crippen LogP contribution >= 0.6 is 11.6 Å². The van der Waals surface area contributed by atoms with Crippen molar-refractivity contribution < 1.29 is 24.0 Å². The molecule has 10 nitrogen and oxygen atoms in total. The van der Waals surface area contributed by atoms with E-state index >= 15 is 0 Å². The molecule has 0 aliphatic carbocycles. The van der Waals surface area contributed by atoms with Crippen molar-refractivity contribution >= 4 is 46.4 Å². The Hall–Kier alpha value is -3.50. The number of aryl methyl sites for hydroxylation is 1. The highest BCUT2D eigenvalue weighted by Gasteiger charge is 2.74. The van der Waals surface area contributed by atoms with Crippen molar-refractivity contribution in [2.45, 2.75) is 31.3 Å². The average molecular weight is 497 g/mol. The van der Waals surface area contributed by atoms with Crippen molar-refractivity contribution in [3.05, 3.63) is 56.6 Å². The summed E-state index contributed by atoms with van der Waals surface area (Å²) in [5.74, 6) is -2.97. The van der Waals surface area contributed by atoms with E-state index in [4.69, 9.17) is 16.3 Å². The Kier molecular flexibility index (Phi) is 4.56. The topological polar surface area (TPSA) is 122 Å². The molecule has 2 aromatic rings. The molecular formula is C24H21ClN4O6. The Morgan fingerprint density at radius 1 is 1.20 bits per heavy atom. The van der Waals surface area contributed by atoms with Gasteiger partial charge in [0.05, 0.1) is 29.6 Å². The van der Waals surface area contributed by atoms with E-state index in [1.54, 1.807) is 25.1 Å². The molecule has 1 spiro atoms. The maximum absolute atomic E-state index is 14.1. The van der Waals surface area contributed by atoms with E-state index in [1.807, 2.05) is 4.90 Å². The van der Waals surface area contributed by atoms with Crippen molar-refractivity contribution in [1.82, 2.24) is 4.90 Å². The Morgan fingerprint density at radius 2 is 1.97 bits per heavy atom. The lowest BCUT2D eigenvalue weighted by Crippen LogP contribution is -2.54. The minimum Gasteiger partial charge on any atom is -0.490 e. The summed E-state index contributed by atoms with van der Waals surface area (Å²) in [6, 6.07) is 7.45. The van der Waals surface area contributed by atoms with Gasteiger partial charge in [-0.25, -0.2) is 4.90 Å². The quantitative estimate of drug-likeness (QED) is 0.393. The normalized spacial score (nSPS) is 28.9. The highest BCUT2D eigenvalue weighted by Crippen LogP contribution is 2.61.